The molecule has 1 aromatic carbocycles. The molecule has 0 spiro atoms. The van der Waals surface area contributed by atoms with Gasteiger partial charge >= 0.3 is 0 Å². The van der Waals surface area contributed by atoms with Crippen LogP contribution in [0.5, 0.6) is 0 Å². The average molecular weight is 377 g/mol. The first-order valence-electron chi connectivity index (χ1n) is 11.2. The van der Waals surface area contributed by atoms with Crippen LogP contribution in [0.4, 0.5) is 0 Å². The van der Waals surface area contributed by atoms with E-state index in [-0.39, 0.29) is 0 Å². The van der Waals surface area contributed by atoms with Crippen LogP contribution in [0, 0.1) is 11.8 Å². The smallest absolute Gasteiger partial charge is 0.0933 e. The van der Waals surface area contributed by atoms with Gasteiger partial charge in [-0.25, -0.2) is 0 Å². The summed E-state index contributed by atoms with van der Waals surface area (Å²) in [5.74, 6) is 2.85. The maximum atomic E-state index is 4.04. The van der Waals surface area contributed by atoms with Crippen LogP contribution in [0.3, 0.4) is 0 Å². The van der Waals surface area contributed by atoms with Gasteiger partial charge in [-0.1, -0.05) is 123 Å². The Hall–Kier alpha value is -1.31. The summed E-state index contributed by atoms with van der Waals surface area (Å²) in [6.07, 6.45) is 10.1. The predicted octanol–water partition coefficient (Wildman–Crippen LogP) is 7.75. The zero-order valence-corrected chi connectivity index (χ0v) is 19.4. The molecule has 1 aliphatic heterocycles. The lowest BCUT2D eigenvalue weighted by atomic mass is 10.2. The van der Waals surface area contributed by atoms with Crippen molar-refractivity contribution in [2.45, 2.75) is 93.4 Å². The molecule has 1 fully saturated rings. The van der Waals surface area contributed by atoms with Crippen LogP contribution in [0.2, 0.25) is 0 Å². The van der Waals surface area contributed by atoms with Crippen LogP contribution < -0.4 is 5.32 Å². The lowest BCUT2D eigenvalue weighted by Crippen LogP contribution is -2.13. The summed E-state index contributed by atoms with van der Waals surface area (Å²) in [6, 6.07) is 12.0. The Labute approximate surface area is 171 Å². The van der Waals surface area contributed by atoms with Crippen LogP contribution in [-0.2, 0) is 0 Å². The number of nitrogens with one attached hydrogen (secondary N) is 1. The van der Waals surface area contributed by atoms with Crippen molar-refractivity contribution in [1.29, 1.82) is 0 Å². The summed E-state index contributed by atoms with van der Waals surface area (Å²) < 4.78 is 0. The zero-order valence-electron chi connectivity index (χ0n) is 19.4. The topological polar surface area (TPSA) is 24.4 Å². The van der Waals surface area contributed by atoms with Gasteiger partial charge < -0.3 is 5.32 Å². The zero-order chi connectivity index (χ0) is 20.8. The molecular formula is C25H48N2. The molecular weight excluding hydrogens is 328 g/mol. The van der Waals surface area contributed by atoms with E-state index in [9.17, 15) is 0 Å². The van der Waals surface area contributed by atoms with Gasteiger partial charge in [-0.15, -0.1) is 0 Å². The average Bonchev–Trinajstić information content (AvgIpc) is 3.41. The maximum absolute atomic E-state index is 4.04. The van der Waals surface area contributed by atoms with E-state index in [1.165, 1.54) is 44.9 Å². The molecule has 0 atom stereocenters. The van der Waals surface area contributed by atoms with Crippen LogP contribution >= 0.6 is 0 Å². The van der Waals surface area contributed by atoms with Gasteiger partial charge in [-0.2, -0.15) is 0 Å². The molecule has 1 N–H and O–H groups in total. The number of nitrogens with zero attached hydrogens (tertiary/aromatic N) is 1. The molecule has 0 saturated heterocycles. The van der Waals surface area contributed by atoms with E-state index >= 15 is 0 Å². The minimum absolute atomic E-state index is 0.884. The highest BCUT2D eigenvalue weighted by molar-refractivity contribution is 5.80. The van der Waals surface area contributed by atoms with E-state index in [4.69, 9.17) is 0 Å². The van der Waals surface area contributed by atoms with Crippen molar-refractivity contribution >= 4 is 5.84 Å². The lowest BCUT2D eigenvalue weighted by Gasteiger charge is -1.90. The molecule has 1 aromatic rings. The molecule has 1 aliphatic carbocycles. The Morgan fingerprint density at radius 2 is 1.04 bits per heavy atom. The second-order valence-corrected chi connectivity index (χ2v) is 7.92. The summed E-state index contributed by atoms with van der Waals surface area (Å²) in [5.41, 5.74) is 0. The normalized spacial score (nSPS) is 14.2. The van der Waals surface area contributed by atoms with Gasteiger partial charge in [0.05, 0.1) is 12.4 Å². The van der Waals surface area contributed by atoms with Crippen LogP contribution in [0.15, 0.2) is 41.4 Å². The summed E-state index contributed by atoms with van der Waals surface area (Å²) in [7, 11) is 0. The highest BCUT2D eigenvalue weighted by Gasteiger charge is 1.95. The number of rotatable bonds is 2. The molecule has 2 nitrogen and oxygen atoms in total. The number of aliphatic imine (C=N–C) groups is 1. The fraction of sp³-hybridized carbons (Fsp3) is 0.720. The number of hydrogen-bond donors (Lipinski definition) is 1. The van der Waals surface area contributed by atoms with E-state index in [1.807, 2.05) is 43.3 Å². The van der Waals surface area contributed by atoms with Crippen LogP contribution in [0.1, 0.15) is 93.4 Å². The van der Waals surface area contributed by atoms with Crippen molar-refractivity contribution in [3.8, 4) is 0 Å². The van der Waals surface area contributed by atoms with Crippen molar-refractivity contribution in [1.82, 2.24) is 5.32 Å². The summed E-state index contributed by atoms with van der Waals surface area (Å²) >= 11 is 0. The van der Waals surface area contributed by atoms with Crippen LogP contribution in [0.25, 0.3) is 0 Å². The van der Waals surface area contributed by atoms with E-state index in [0.29, 0.717) is 0 Å². The quantitative estimate of drug-likeness (QED) is 0.560. The third kappa shape index (κ3) is 29.7. The molecule has 158 valence electrons. The Balaban J connectivity index is 0. The van der Waals surface area contributed by atoms with Crippen LogP contribution in [-0.4, -0.2) is 18.9 Å². The number of amidine groups is 1. The SMILES string of the molecule is C1CCCC1.CC1=NCCN1.CCC(C)C.CCC(C)C.c1ccccc1. The minimum Gasteiger partial charge on any atom is -0.372 e. The van der Waals surface area contributed by atoms with Gasteiger partial charge in [-0.05, 0) is 18.8 Å². The summed E-state index contributed by atoms with van der Waals surface area (Å²) in [6.45, 7) is 17.3. The second kappa shape index (κ2) is 22.7. The summed E-state index contributed by atoms with van der Waals surface area (Å²) in [5, 5.41) is 3.07. The molecule has 1 heterocycles. The Morgan fingerprint density at radius 3 is 1.15 bits per heavy atom. The van der Waals surface area contributed by atoms with Gasteiger partial charge in [0.25, 0.3) is 0 Å². The van der Waals surface area contributed by atoms with E-state index < -0.39 is 0 Å². The first-order valence-corrected chi connectivity index (χ1v) is 11.2. The first kappa shape index (κ1) is 27.9. The van der Waals surface area contributed by atoms with Gasteiger partial charge in [0.1, 0.15) is 0 Å². The molecule has 1 saturated carbocycles. The fourth-order valence-corrected chi connectivity index (χ4v) is 1.79. The van der Waals surface area contributed by atoms with Gasteiger partial charge in [-0.3, -0.25) is 4.99 Å². The Bertz CT molecular complexity index is 350. The molecule has 2 aliphatic rings. The molecule has 27 heavy (non-hydrogen) atoms. The fourth-order valence-electron chi connectivity index (χ4n) is 1.79. The molecule has 0 aromatic heterocycles. The molecule has 3 rings (SSSR count). The maximum Gasteiger partial charge on any atom is 0.0933 e. The predicted molar refractivity (Wildman–Crippen MR) is 126 cm³/mol. The van der Waals surface area contributed by atoms with Gasteiger partial charge in [0.2, 0.25) is 0 Å². The largest absolute Gasteiger partial charge is 0.372 e. The molecule has 0 unspecified atom stereocenters. The van der Waals surface area contributed by atoms with Gasteiger partial charge in [0, 0.05) is 6.54 Å². The third-order valence-electron chi connectivity index (χ3n) is 4.39. The van der Waals surface area contributed by atoms with Gasteiger partial charge in [0.15, 0.2) is 0 Å². The number of benzene rings is 1. The van der Waals surface area contributed by atoms with Crippen molar-refractivity contribution in [3.05, 3.63) is 36.4 Å². The van der Waals surface area contributed by atoms with Crippen molar-refractivity contribution < 1.29 is 0 Å². The Kier molecular flexibility index (Phi) is 23.5. The third-order valence-corrected chi connectivity index (χ3v) is 4.39. The van der Waals surface area contributed by atoms with E-state index in [0.717, 1.165) is 30.8 Å². The monoisotopic (exact) mass is 376 g/mol. The standard InChI is InChI=1S/C6H6.C5H10.2C5H12.C4H8N2/c1-2-4-6-5-3-1;1-2-4-5-3-1;2*1-4-5(2)3;1-4-5-2-3-6-4/h1-6H;1-5H2;2*5H,4H2,1-3H3;2-3H2,1H3,(H,5,6). The minimum atomic E-state index is 0.884. The van der Waals surface area contributed by atoms with Crippen molar-refractivity contribution in [2.24, 2.45) is 16.8 Å². The van der Waals surface area contributed by atoms with Crippen molar-refractivity contribution in [2.75, 3.05) is 13.1 Å². The highest BCUT2D eigenvalue weighted by atomic mass is 15.0. The second-order valence-electron chi connectivity index (χ2n) is 7.92. The number of hydrogen-bond acceptors (Lipinski definition) is 2. The van der Waals surface area contributed by atoms with E-state index in [2.05, 4.69) is 51.9 Å². The summed E-state index contributed by atoms with van der Waals surface area (Å²) in [4.78, 5) is 4.04. The molecule has 0 amide bonds. The molecule has 0 radical (unpaired) electrons. The first-order chi connectivity index (χ1) is 12.9. The molecule has 0 bridgehead atoms. The Morgan fingerprint density at radius 1 is 0.741 bits per heavy atom. The lowest BCUT2D eigenvalue weighted by molar-refractivity contribution is 0.626. The highest BCUT2D eigenvalue weighted by Crippen LogP contribution is 2.15. The molecule has 2 heteroatoms. The van der Waals surface area contributed by atoms with Crippen molar-refractivity contribution in [3.63, 3.8) is 0 Å². The van der Waals surface area contributed by atoms with E-state index in [1.54, 1.807) is 0 Å².